The molecule has 2 saturated heterocycles. The lowest BCUT2D eigenvalue weighted by Crippen LogP contribution is -2.61. The van der Waals surface area contributed by atoms with Crippen LogP contribution in [0, 0.1) is 29.6 Å². The average Bonchev–Trinajstić information content (AvgIpc) is 1.37. The Balaban J connectivity index is 0.655. The number of esters is 1. The fourth-order valence-corrected chi connectivity index (χ4v) is 16.6. The predicted octanol–water partition coefficient (Wildman–Crippen LogP) is 8.07. The number of cyclic esters (lactones) is 1. The van der Waals surface area contributed by atoms with E-state index in [0.717, 1.165) is 23.3 Å². The number of aliphatic hydroxyl groups excluding tert-OH is 1. The van der Waals surface area contributed by atoms with Gasteiger partial charge in [0.15, 0.2) is 17.0 Å². The Morgan fingerprint density at radius 1 is 0.752 bits per heavy atom. The molecule has 0 radical (unpaired) electrons. The second kappa shape index (κ2) is 52.0. The first-order valence-electron chi connectivity index (χ1n) is 45.6. The molecule has 714 valence electrons. The van der Waals surface area contributed by atoms with E-state index in [4.69, 9.17) is 84.1 Å². The third-order valence-corrected chi connectivity index (χ3v) is 24.0. The molecule has 37 heteroatoms. The molecule has 1 saturated carbocycles. The van der Waals surface area contributed by atoms with Crippen LogP contribution in [-0.2, 0) is 98.7 Å². The van der Waals surface area contributed by atoms with Gasteiger partial charge in [0.2, 0.25) is 23.5 Å². The largest absolute Gasteiger partial charge is 0.459 e. The van der Waals surface area contributed by atoms with E-state index in [0.29, 0.717) is 201 Å². The van der Waals surface area contributed by atoms with Crippen molar-refractivity contribution < 1.29 is 100 Å². The predicted molar refractivity (Wildman–Crippen MR) is 482 cm³/mol. The number of methoxy groups -OCH3 is 3. The van der Waals surface area contributed by atoms with Crippen LogP contribution < -0.4 is 33.2 Å². The van der Waals surface area contributed by atoms with Crippen molar-refractivity contribution in [1.29, 1.82) is 0 Å². The third-order valence-electron chi connectivity index (χ3n) is 24.0. The number of hydrogen-bond donors (Lipinski definition) is 8. The van der Waals surface area contributed by atoms with Gasteiger partial charge in [0.05, 0.1) is 107 Å². The number of unbranched alkanes of at least 4 members (excludes halogenated alkanes) is 1. The number of fused-ring (bicyclic) bond motifs is 5. The first kappa shape index (κ1) is 103. The Bertz CT molecular complexity index is 4580. The number of benzene rings is 1. The van der Waals surface area contributed by atoms with E-state index in [2.05, 4.69) is 41.2 Å². The Labute approximate surface area is 756 Å². The number of ketones is 2. The number of hydrogen-bond acceptors (Lipinski definition) is 31. The zero-order valence-electron chi connectivity index (χ0n) is 77.3. The summed E-state index contributed by atoms with van der Waals surface area (Å²) < 4.78 is 67.7. The number of amides is 4. The monoisotopic (exact) mass is 1810 g/mol. The molecule has 0 spiro atoms. The molecule has 4 aromatic heterocycles. The number of aryl methyl sites for hydroxylation is 2. The summed E-state index contributed by atoms with van der Waals surface area (Å²) in [5.74, 6) is -7.77. The van der Waals surface area contributed by atoms with Gasteiger partial charge in [-0.05, 0) is 166 Å². The minimum Gasteiger partial charge on any atom is -0.459 e. The summed E-state index contributed by atoms with van der Waals surface area (Å²) in [7, 11) is 4.62. The smallest absolute Gasteiger partial charge is 0.329 e. The van der Waals surface area contributed by atoms with Crippen LogP contribution in [0.3, 0.4) is 0 Å². The van der Waals surface area contributed by atoms with Gasteiger partial charge in [-0.25, -0.2) is 24.1 Å². The highest BCUT2D eigenvalue weighted by atomic mass is 16.7. The summed E-state index contributed by atoms with van der Waals surface area (Å²) >= 11 is 0. The number of anilines is 2. The van der Waals surface area contributed by atoms with Gasteiger partial charge in [0.1, 0.15) is 53.3 Å². The molecule has 11 N–H and O–H groups in total. The van der Waals surface area contributed by atoms with E-state index >= 15 is 4.79 Å². The van der Waals surface area contributed by atoms with Crippen molar-refractivity contribution in [3.63, 3.8) is 0 Å². The number of carbonyl (C=O) groups is 7. The maximum atomic E-state index is 15.1. The molecule has 9 rings (SSSR count). The Hall–Kier alpha value is -9.38. The number of carbonyl (C=O) groups excluding carboxylic acids is 7. The molecule has 2 bridgehead atoms. The molecule has 129 heavy (non-hydrogen) atoms. The summed E-state index contributed by atoms with van der Waals surface area (Å²) in [5, 5.41) is 52.0. The average molecular weight is 1810 g/mol. The third kappa shape index (κ3) is 31.7. The number of oxime groups is 1. The van der Waals surface area contributed by atoms with E-state index in [9.17, 15) is 39.0 Å². The number of ether oxygens (including phenoxy) is 10. The number of aliphatic hydroxyl groups is 2. The first-order chi connectivity index (χ1) is 61.9. The number of allylic oxidation sites excluding steroid dienone is 6. The molecule has 1 aliphatic carbocycles. The van der Waals surface area contributed by atoms with Crippen molar-refractivity contribution in [3.8, 4) is 11.3 Å². The summed E-state index contributed by atoms with van der Waals surface area (Å²) in [4.78, 5) is 116. The number of Topliss-reactive ketones (excluding diaryl/α,β-unsaturated/α-hetero) is 2. The van der Waals surface area contributed by atoms with E-state index in [1.165, 1.54) is 18.3 Å². The maximum absolute atomic E-state index is 15.1. The highest BCUT2D eigenvalue weighted by molar-refractivity contribution is 6.39. The topological polar surface area (TPSA) is 492 Å². The minimum absolute atomic E-state index is 0.0180. The molecule has 3 fully saturated rings. The molecule has 0 unspecified atom stereocenters. The second-order valence-electron chi connectivity index (χ2n) is 35.2. The van der Waals surface area contributed by atoms with Crippen LogP contribution >= 0.6 is 0 Å². The lowest BCUT2D eigenvalue weighted by molar-refractivity contribution is -0.265. The van der Waals surface area contributed by atoms with Gasteiger partial charge in [-0.3, -0.25) is 28.8 Å². The van der Waals surface area contributed by atoms with Gasteiger partial charge in [0.25, 0.3) is 17.7 Å². The molecule has 7 heterocycles. The van der Waals surface area contributed by atoms with E-state index in [1.54, 1.807) is 44.9 Å². The van der Waals surface area contributed by atoms with Gasteiger partial charge in [-0.2, -0.15) is 10.1 Å². The van der Waals surface area contributed by atoms with Crippen molar-refractivity contribution >= 4 is 80.8 Å². The van der Waals surface area contributed by atoms with Crippen LogP contribution in [0.4, 0.5) is 11.8 Å². The van der Waals surface area contributed by atoms with Crippen molar-refractivity contribution in [2.45, 2.75) is 257 Å². The van der Waals surface area contributed by atoms with Crippen LogP contribution in [0.5, 0.6) is 0 Å². The number of nitrogens with one attached hydrogen (secondary N) is 3. The van der Waals surface area contributed by atoms with Gasteiger partial charge in [0, 0.05) is 122 Å². The molecular formula is C92H140N16O21. The SMILES string of the molecule is CO[C@H]1C[C@@H]2CC[C@@H](C)[C@@](O)(O2)C(=O)C(=O)N2CCCC[C@H]2C(=O)O[C@H]([C@H](N)C[C@@H]2CC[C@H](n3cc(CCCC(=O)NCCOCCOCCOCCC(=O)NCCOCCOCCC(=O)NCCCCn4nc(-c5ccc6oc(N)nc6c5)c5c(N)ncnc54)nn3)[C@H](OC)C2)C/C(=N/OC(C)(C)C)[C@H](C)/C=C(\C)[C@@H](O)[C@@H](OC)C(=O)[C@H](C)C[C@H](C)/C=C/C=CC=C1C. The number of oxazole rings is 1. The normalized spacial score (nSPS) is 26.0. The summed E-state index contributed by atoms with van der Waals surface area (Å²) in [5.41, 5.74) is 24.2. The van der Waals surface area contributed by atoms with Gasteiger partial charge < -0.3 is 105 Å². The molecule has 5 aromatic rings. The summed E-state index contributed by atoms with van der Waals surface area (Å²) in [6.07, 6.45) is 17.7. The highest BCUT2D eigenvalue weighted by Gasteiger charge is 2.53. The Morgan fingerprint density at radius 3 is 2.12 bits per heavy atom. The fourth-order valence-electron chi connectivity index (χ4n) is 16.6. The molecule has 4 amide bonds. The van der Waals surface area contributed by atoms with Crippen LogP contribution in [-0.4, -0.2) is 275 Å². The van der Waals surface area contributed by atoms with Crippen LogP contribution in [0.25, 0.3) is 33.4 Å². The second-order valence-corrected chi connectivity index (χ2v) is 35.2. The zero-order chi connectivity index (χ0) is 93.2. The number of rotatable bonds is 39. The molecule has 37 nitrogen and oxygen atoms in total. The Morgan fingerprint density at radius 2 is 1.43 bits per heavy atom. The van der Waals surface area contributed by atoms with Crippen molar-refractivity contribution in [1.82, 2.24) is 60.6 Å². The van der Waals surface area contributed by atoms with Crippen LogP contribution in [0.2, 0.25) is 0 Å². The number of nitrogens with zero attached hydrogens (tertiary/aromatic N) is 10. The number of nitrogen functional groups attached to an aromatic ring is 2. The van der Waals surface area contributed by atoms with Gasteiger partial charge in [-0.15, -0.1) is 5.10 Å². The van der Waals surface area contributed by atoms with Crippen LogP contribution in [0.1, 0.15) is 190 Å². The minimum atomic E-state index is -2.49. The molecule has 1 aromatic carbocycles. The molecule has 15 atom stereocenters. The van der Waals surface area contributed by atoms with Crippen molar-refractivity contribution in [2.75, 3.05) is 125 Å². The fraction of sp³-hybridized carbons (Fsp3) is 0.674. The van der Waals surface area contributed by atoms with Gasteiger partial charge in [-0.1, -0.05) is 74.5 Å². The summed E-state index contributed by atoms with van der Waals surface area (Å²) in [6.45, 7) is 21.2. The number of piperidine rings is 1. The first-order valence-corrected chi connectivity index (χ1v) is 45.6. The van der Waals surface area contributed by atoms with Gasteiger partial charge >= 0.3 is 5.97 Å². The van der Waals surface area contributed by atoms with E-state index in [-0.39, 0.29) is 112 Å². The molecule has 3 aliphatic heterocycles. The lowest BCUT2D eigenvalue weighted by Gasteiger charge is -2.42. The van der Waals surface area contributed by atoms with E-state index < -0.39 is 89.4 Å². The van der Waals surface area contributed by atoms with Crippen LogP contribution in [0.15, 0.2) is 87.9 Å². The zero-order valence-corrected chi connectivity index (χ0v) is 77.3. The van der Waals surface area contributed by atoms with Crippen molar-refractivity contribution in [3.05, 3.63) is 84.0 Å². The molecular weight excluding hydrogens is 1670 g/mol. The highest BCUT2D eigenvalue weighted by Crippen LogP contribution is 2.40. The Kier molecular flexibility index (Phi) is 41.7. The number of nitrogens with two attached hydrogens (primary N) is 3. The number of aromatic nitrogens is 8. The maximum Gasteiger partial charge on any atom is 0.329 e. The van der Waals surface area contributed by atoms with Crippen molar-refractivity contribution in [2.24, 2.45) is 40.5 Å². The lowest BCUT2D eigenvalue weighted by atomic mass is 9.79. The quantitative estimate of drug-likeness (QED) is 0.00605. The summed E-state index contributed by atoms with van der Waals surface area (Å²) in [6, 6.07) is 3.29. The standard InChI is InChI=1S/C92H140N16O21/c1-58-21-14-13-15-22-59(2)74(118-10)54-67-29-26-63(6)92(117,128-67)85(114)88(115)106-37-18-16-24-72(106)89(116)126-75(55-69(104-129-91(7,8)9)60(3)50-62(5)83(113)84(120-12)82(112)61(4)49-58)68(93)51-64-27-30-71(76(52-64)119-11)108-56-66(102-105-108)23-20-25-77(109)97-35-41-124-46-48-125-47-44-122-40-33-79(111)98-36-42-123-45-43-121-39-32-78(110)96-34-17-19-38-107-87-80(86(94)99-57-100-87)81(103-107)65-28-31-73-70(53-65)101-90(95)127-73/h13-15,21-22,28,31,50,53,56-58,60-61,63-64,67-68,71-72,74-76,83-84,113,117H,16-20,23-27,29-30,32-49,51-52,54-55,93H2,1-12H3,(H2,95,101)(H,96,110)(H,97,109)(H,98,111)(H2,94,99,100)/b15-13?,21-14+,59-22?,62-50+,104-69-/t58-,60-,61-,63-,64+,67+,68-,71+,72+,74+,75+,76-,83-,84+,92-/m1/s1. The molecule has 4 aliphatic rings. The van der Waals surface area contributed by atoms with E-state index in [1.807, 2.05) is 102 Å².